The molecule has 0 atom stereocenters. The van der Waals surface area contributed by atoms with Crippen molar-refractivity contribution in [1.82, 2.24) is 9.88 Å². The van der Waals surface area contributed by atoms with Gasteiger partial charge in [-0.15, -0.1) is 0 Å². The topological polar surface area (TPSA) is 75.7 Å². The van der Waals surface area contributed by atoms with Crippen LogP contribution in [0.5, 0.6) is 0 Å². The van der Waals surface area contributed by atoms with Gasteiger partial charge in [-0.25, -0.2) is 0 Å². The zero-order chi connectivity index (χ0) is 14.0. The van der Waals surface area contributed by atoms with Crippen LogP contribution in [0, 0.1) is 10.1 Å². The normalized spacial score (nSPS) is 11.2. The van der Waals surface area contributed by atoms with Crippen LogP contribution in [0.2, 0.25) is 0 Å². The molecule has 0 aliphatic carbocycles. The van der Waals surface area contributed by atoms with Gasteiger partial charge in [0.05, 0.1) is 4.92 Å². The molecule has 2 aromatic rings. The smallest absolute Gasteiger partial charge is 0.298 e. The van der Waals surface area contributed by atoms with Crippen molar-refractivity contribution in [3.8, 4) is 0 Å². The molecular formula is C12H16N4O3. The average Bonchev–Trinajstić information content (AvgIpc) is 2.78. The molecule has 0 amide bonds. The molecule has 2 rings (SSSR count). The van der Waals surface area contributed by atoms with Crippen LogP contribution < -0.4 is 4.90 Å². The molecule has 0 unspecified atom stereocenters. The minimum atomic E-state index is -0.441. The first kappa shape index (κ1) is 13.3. The van der Waals surface area contributed by atoms with E-state index in [0.717, 1.165) is 13.1 Å². The van der Waals surface area contributed by atoms with E-state index in [2.05, 4.69) is 9.88 Å². The van der Waals surface area contributed by atoms with Gasteiger partial charge in [-0.05, 0) is 20.2 Å². The Kier molecular flexibility index (Phi) is 3.66. The number of rotatable bonds is 5. The van der Waals surface area contributed by atoms with E-state index in [1.165, 1.54) is 12.1 Å². The maximum Gasteiger partial charge on any atom is 0.298 e. The lowest BCUT2D eigenvalue weighted by molar-refractivity contribution is -0.384. The summed E-state index contributed by atoms with van der Waals surface area (Å²) in [4.78, 5) is 18.5. The molecule has 1 heterocycles. The van der Waals surface area contributed by atoms with Gasteiger partial charge in [0.25, 0.3) is 11.7 Å². The quantitative estimate of drug-likeness (QED) is 0.604. The molecule has 19 heavy (non-hydrogen) atoms. The number of fused-ring (bicyclic) bond motifs is 1. The first-order chi connectivity index (χ1) is 8.97. The molecule has 1 aromatic carbocycles. The van der Waals surface area contributed by atoms with E-state index in [0.29, 0.717) is 17.1 Å². The molecule has 0 N–H and O–H groups in total. The third-order valence-electron chi connectivity index (χ3n) is 2.78. The van der Waals surface area contributed by atoms with E-state index in [9.17, 15) is 10.1 Å². The molecule has 0 fully saturated rings. The molecule has 102 valence electrons. The number of nitrogens with zero attached hydrogens (tertiary/aromatic N) is 4. The number of aromatic nitrogens is 1. The summed E-state index contributed by atoms with van der Waals surface area (Å²) < 4.78 is 5.57. The van der Waals surface area contributed by atoms with Gasteiger partial charge in [0.2, 0.25) is 0 Å². The van der Waals surface area contributed by atoms with E-state index >= 15 is 0 Å². The average molecular weight is 264 g/mol. The molecule has 7 nitrogen and oxygen atoms in total. The van der Waals surface area contributed by atoms with Crippen molar-refractivity contribution in [2.45, 2.75) is 0 Å². The Bertz CT molecular complexity index is 594. The molecule has 0 spiro atoms. The Morgan fingerprint density at radius 3 is 2.68 bits per heavy atom. The van der Waals surface area contributed by atoms with Crippen molar-refractivity contribution in [1.29, 1.82) is 0 Å². The fraction of sp³-hybridized carbons (Fsp3) is 0.417. The Balaban J connectivity index is 2.23. The number of nitro groups is 1. The van der Waals surface area contributed by atoms with Crippen molar-refractivity contribution in [2.75, 3.05) is 39.1 Å². The van der Waals surface area contributed by atoms with Crippen molar-refractivity contribution >= 4 is 22.8 Å². The Morgan fingerprint density at radius 1 is 1.32 bits per heavy atom. The minimum absolute atomic E-state index is 0.0169. The summed E-state index contributed by atoms with van der Waals surface area (Å²) in [5, 5.41) is 10.7. The van der Waals surface area contributed by atoms with E-state index in [-0.39, 0.29) is 5.69 Å². The largest absolute Gasteiger partial charge is 0.423 e. The minimum Gasteiger partial charge on any atom is -0.423 e. The molecule has 0 bridgehead atoms. The van der Waals surface area contributed by atoms with Crippen LogP contribution in [-0.2, 0) is 0 Å². The standard InChI is InChI=1S/C12H16N4O3/c1-14(2)6-7-15(3)12-13-10-8-9(16(17)18)4-5-11(10)19-12/h4-5,8H,6-7H2,1-3H3. The molecule has 0 saturated heterocycles. The van der Waals surface area contributed by atoms with Crippen LogP contribution in [0.3, 0.4) is 0 Å². The summed E-state index contributed by atoms with van der Waals surface area (Å²) >= 11 is 0. The number of hydrogen-bond donors (Lipinski definition) is 0. The Labute approximate surface area is 110 Å². The van der Waals surface area contributed by atoms with Crippen LogP contribution in [0.15, 0.2) is 22.6 Å². The zero-order valence-electron chi connectivity index (χ0n) is 11.2. The van der Waals surface area contributed by atoms with E-state index < -0.39 is 4.92 Å². The number of oxazole rings is 1. The highest BCUT2D eigenvalue weighted by atomic mass is 16.6. The van der Waals surface area contributed by atoms with Crippen LogP contribution in [-0.4, -0.2) is 49.0 Å². The first-order valence-corrected chi connectivity index (χ1v) is 5.88. The predicted molar refractivity (Wildman–Crippen MR) is 72.5 cm³/mol. The van der Waals surface area contributed by atoms with Gasteiger partial charge >= 0.3 is 0 Å². The molecule has 0 aliphatic rings. The van der Waals surface area contributed by atoms with Crippen LogP contribution in [0.1, 0.15) is 0 Å². The lowest BCUT2D eigenvalue weighted by Crippen LogP contribution is -2.28. The van der Waals surface area contributed by atoms with Gasteiger partial charge in [0.15, 0.2) is 5.58 Å². The lowest BCUT2D eigenvalue weighted by Gasteiger charge is -2.17. The van der Waals surface area contributed by atoms with Gasteiger partial charge in [-0.3, -0.25) is 10.1 Å². The van der Waals surface area contributed by atoms with Crippen molar-refractivity contribution in [2.24, 2.45) is 0 Å². The fourth-order valence-corrected chi connectivity index (χ4v) is 1.63. The van der Waals surface area contributed by atoms with Gasteiger partial charge < -0.3 is 14.2 Å². The van der Waals surface area contributed by atoms with Gasteiger partial charge in [-0.1, -0.05) is 0 Å². The first-order valence-electron chi connectivity index (χ1n) is 5.88. The number of nitro benzene ring substituents is 1. The van der Waals surface area contributed by atoms with Crippen LogP contribution in [0.25, 0.3) is 11.1 Å². The molecule has 0 saturated carbocycles. The summed E-state index contributed by atoms with van der Waals surface area (Å²) in [6.07, 6.45) is 0. The zero-order valence-corrected chi connectivity index (χ0v) is 11.2. The second-order valence-electron chi connectivity index (χ2n) is 4.63. The third kappa shape index (κ3) is 3.00. The summed E-state index contributed by atoms with van der Waals surface area (Å²) in [5.41, 5.74) is 1.07. The van der Waals surface area contributed by atoms with Gasteiger partial charge in [0.1, 0.15) is 5.52 Å². The fourth-order valence-electron chi connectivity index (χ4n) is 1.63. The summed E-state index contributed by atoms with van der Waals surface area (Å²) in [5.74, 6) is 0. The molecule has 0 radical (unpaired) electrons. The molecule has 1 aromatic heterocycles. The van der Waals surface area contributed by atoms with Crippen LogP contribution in [0.4, 0.5) is 11.7 Å². The lowest BCUT2D eigenvalue weighted by atomic mass is 10.3. The number of hydrogen-bond acceptors (Lipinski definition) is 6. The second-order valence-corrected chi connectivity index (χ2v) is 4.63. The Hall–Kier alpha value is -2.15. The van der Waals surface area contributed by atoms with E-state index in [4.69, 9.17) is 4.42 Å². The molecule has 7 heteroatoms. The van der Waals surface area contributed by atoms with E-state index in [1.807, 2.05) is 26.0 Å². The van der Waals surface area contributed by atoms with Crippen molar-refractivity contribution < 1.29 is 9.34 Å². The number of likely N-dealkylation sites (N-methyl/N-ethyl adjacent to an activating group) is 2. The number of benzene rings is 1. The van der Waals surface area contributed by atoms with Crippen molar-refractivity contribution in [3.05, 3.63) is 28.3 Å². The van der Waals surface area contributed by atoms with Gasteiger partial charge in [0, 0.05) is 32.3 Å². The maximum absolute atomic E-state index is 10.7. The van der Waals surface area contributed by atoms with E-state index in [1.54, 1.807) is 6.07 Å². The molecular weight excluding hydrogens is 248 g/mol. The molecule has 0 aliphatic heterocycles. The summed E-state index contributed by atoms with van der Waals surface area (Å²) in [6.45, 7) is 1.64. The summed E-state index contributed by atoms with van der Waals surface area (Å²) in [6, 6.07) is 4.88. The highest BCUT2D eigenvalue weighted by Crippen LogP contribution is 2.24. The predicted octanol–water partition coefficient (Wildman–Crippen LogP) is 1.73. The number of non-ortho nitro benzene ring substituents is 1. The number of anilines is 1. The highest BCUT2D eigenvalue weighted by Gasteiger charge is 2.13. The SMILES string of the molecule is CN(C)CCN(C)c1nc2cc([N+](=O)[O-])ccc2o1. The monoisotopic (exact) mass is 264 g/mol. The Morgan fingerprint density at radius 2 is 2.05 bits per heavy atom. The van der Waals surface area contributed by atoms with Crippen molar-refractivity contribution in [3.63, 3.8) is 0 Å². The second kappa shape index (κ2) is 5.23. The highest BCUT2D eigenvalue weighted by molar-refractivity contribution is 5.77. The van der Waals surface area contributed by atoms with Crippen LogP contribution >= 0.6 is 0 Å². The summed E-state index contributed by atoms with van der Waals surface area (Å²) in [7, 11) is 5.86. The van der Waals surface area contributed by atoms with Gasteiger partial charge in [-0.2, -0.15) is 4.98 Å². The maximum atomic E-state index is 10.7. The third-order valence-corrected chi connectivity index (χ3v) is 2.78.